The molecule has 2 N–H and O–H groups in total. The number of para-hydroxylation sites is 1. The highest BCUT2D eigenvalue weighted by Crippen LogP contribution is 2.47. The molecule has 1 unspecified atom stereocenters. The Morgan fingerprint density at radius 3 is 2.86 bits per heavy atom. The van der Waals surface area contributed by atoms with E-state index in [1.165, 1.54) is 11.1 Å². The number of aromatic nitrogens is 2. The molecule has 2 aromatic carbocycles. The summed E-state index contributed by atoms with van der Waals surface area (Å²) in [5.74, 6) is 0.944. The molecule has 3 aliphatic rings. The van der Waals surface area contributed by atoms with Crippen LogP contribution < -0.4 is 15.0 Å². The van der Waals surface area contributed by atoms with Crippen LogP contribution in [0.1, 0.15) is 42.9 Å². The van der Waals surface area contributed by atoms with E-state index in [9.17, 15) is 9.90 Å². The van der Waals surface area contributed by atoms with Crippen LogP contribution in [-0.4, -0.2) is 52.2 Å². The molecule has 37 heavy (non-hydrogen) atoms. The number of hydrogen-bond donors (Lipinski definition) is 2. The fraction of sp³-hybridized carbons (Fsp3) is 0.393. The summed E-state index contributed by atoms with van der Waals surface area (Å²) >= 11 is 6.62. The molecule has 8 nitrogen and oxygen atoms in total. The van der Waals surface area contributed by atoms with Crippen molar-refractivity contribution in [2.75, 3.05) is 30.4 Å². The van der Waals surface area contributed by atoms with Crippen molar-refractivity contribution in [3.8, 4) is 5.75 Å². The van der Waals surface area contributed by atoms with Gasteiger partial charge in [0.25, 0.3) is 0 Å². The van der Waals surface area contributed by atoms with Crippen molar-refractivity contribution in [3.63, 3.8) is 0 Å². The van der Waals surface area contributed by atoms with Gasteiger partial charge >= 0.3 is 5.97 Å². The van der Waals surface area contributed by atoms with E-state index < -0.39 is 11.4 Å². The third-order valence-electron chi connectivity index (χ3n) is 7.44. The van der Waals surface area contributed by atoms with Crippen molar-refractivity contribution in [1.29, 1.82) is 0 Å². The summed E-state index contributed by atoms with van der Waals surface area (Å²) in [7, 11) is 2.13. The van der Waals surface area contributed by atoms with Gasteiger partial charge in [-0.25, -0.2) is 4.98 Å². The Kier molecular flexibility index (Phi) is 5.96. The lowest BCUT2D eigenvalue weighted by molar-refractivity contribution is -0.138. The molecular weight excluding hydrogens is 490 g/mol. The van der Waals surface area contributed by atoms with Crippen LogP contribution in [-0.2, 0) is 23.2 Å². The number of anilines is 4. The quantitative estimate of drug-likeness (QED) is 0.435. The number of nitrogens with one attached hydrogen (secondary N) is 1. The number of aliphatic carboxylic acids is 1. The molecule has 1 atom stereocenters. The Bertz CT molecular complexity index is 1380. The van der Waals surface area contributed by atoms with Crippen LogP contribution >= 0.6 is 11.6 Å². The number of rotatable bonds is 7. The highest BCUT2D eigenvalue weighted by Gasteiger charge is 2.42. The number of halogens is 1. The SMILES string of the molecule is CN1CCc2cc(OC3CC3)c(Nc3ncc(Cl)c(N4CC(C)(CC(=O)O)c5ccccc54)n3)cc2C1. The summed E-state index contributed by atoms with van der Waals surface area (Å²) in [5, 5.41) is 13.4. The Morgan fingerprint density at radius 2 is 2.08 bits per heavy atom. The third kappa shape index (κ3) is 4.71. The largest absolute Gasteiger partial charge is 0.488 e. The molecule has 0 amide bonds. The Balaban J connectivity index is 1.35. The molecule has 1 fully saturated rings. The fourth-order valence-corrected chi connectivity index (χ4v) is 5.62. The van der Waals surface area contributed by atoms with Crippen LogP contribution in [0.15, 0.2) is 42.6 Å². The lowest BCUT2D eigenvalue weighted by Gasteiger charge is -2.27. The van der Waals surface area contributed by atoms with Crippen LogP contribution in [0.4, 0.5) is 23.1 Å². The molecule has 0 bridgehead atoms. The molecule has 3 heterocycles. The second-order valence-corrected chi connectivity index (χ2v) is 11.1. The van der Waals surface area contributed by atoms with Crippen molar-refractivity contribution >= 4 is 40.7 Å². The van der Waals surface area contributed by atoms with Crippen LogP contribution in [0.2, 0.25) is 5.02 Å². The van der Waals surface area contributed by atoms with Crippen LogP contribution in [0.25, 0.3) is 0 Å². The first kappa shape index (κ1) is 24.0. The van der Waals surface area contributed by atoms with Gasteiger partial charge in [0.1, 0.15) is 10.8 Å². The second kappa shape index (κ2) is 9.19. The fourth-order valence-electron chi connectivity index (χ4n) is 5.43. The first-order chi connectivity index (χ1) is 17.8. The summed E-state index contributed by atoms with van der Waals surface area (Å²) < 4.78 is 6.26. The number of carbonyl (C=O) groups is 1. The molecule has 2 aliphatic heterocycles. The number of fused-ring (bicyclic) bond motifs is 2. The van der Waals surface area contributed by atoms with Gasteiger partial charge in [-0.05, 0) is 61.2 Å². The molecule has 0 radical (unpaired) electrons. The number of nitrogens with zero attached hydrogens (tertiary/aromatic N) is 4. The summed E-state index contributed by atoms with van der Waals surface area (Å²) in [6.45, 7) is 4.34. The van der Waals surface area contributed by atoms with Gasteiger partial charge in [0, 0.05) is 30.7 Å². The number of carboxylic acids is 1. The molecule has 1 saturated carbocycles. The topological polar surface area (TPSA) is 90.8 Å². The van der Waals surface area contributed by atoms with Crippen molar-refractivity contribution in [2.45, 2.75) is 50.7 Å². The molecule has 6 rings (SSSR count). The minimum Gasteiger partial charge on any atom is -0.488 e. The molecule has 0 saturated heterocycles. The van der Waals surface area contributed by atoms with Crippen LogP contribution in [0.5, 0.6) is 5.75 Å². The highest BCUT2D eigenvalue weighted by molar-refractivity contribution is 6.33. The Labute approximate surface area is 221 Å². The minimum atomic E-state index is -0.837. The van der Waals surface area contributed by atoms with Crippen molar-refractivity contribution in [1.82, 2.24) is 14.9 Å². The van der Waals surface area contributed by atoms with E-state index in [1.54, 1.807) is 6.20 Å². The van der Waals surface area contributed by atoms with Gasteiger partial charge in [0.05, 0.1) is 24.4 Å². The average Bonchev–Trinajstić information content (AvgIpc) is 3.63. The maximum absolute atomic E-state index is 11.7. The van der Waals surface area contributed by atoms with Crippen molar-refractivity contribution < 1.29 is 14.6 Å². The maximum atomic E-state index is 11.7. The first-order valence-corrected chi connectivity index (χ1v) is 13.1. The van der Waals surface area contributed by atoms with Gasteiger partial charge in [0.2, 0.25) is 5.95 Å². The van der Waals surface area contributed by atoms with E-state index in [2.05, 4.69) is 34.4 Å². The number of benzene rings is 2. The van der Waals surface area contributed by atoms with Gasteiger partial charge in [-0.2, -0.15) is 4.98 Å². The normalized spacial score (nSPS) is 20.9. The van der Waals surface area contributed by atoms with Gasteiger partial charge in [-0.1, -0.05) is 36.7 Å². The molecular formula is C28H30ClN5O3. The number of carboxylic acid groups (broad SMARTS) is 1. The lowest BCUT2D eigenvalue weighted by atomic mass is 9.81. The Hall–Kier alpha value is -3.36. The molecule has 1 aliphatic carbocycles. The zero-order valence-corrected chi connectivity index (χ0v) is 21.8. The summed E-state index contributed by atoms with van der Waals surface area (Å²) in [6, 6.07) is 12.2. The molecule has 9 heteroatoms. The van der Waals surface area contributed by atoms with E-state index in [1.807, 2.05) is 36.1 Å². The molecule has 192 valence electrons. The van der Waals surface area contributed by atoms with Gasteiger partial charge in [0.15, 0.2) is 5.82 Å². The van der Waals surface area contributed by atoms with Gasteiger partial charge in [-0.15, -0.1) is 0 Å². The van der Waals surface area contributed by atoms with Crippen LogP contribution in [0.3, 0.4) is 0 Å². The van der Waals surface area contributed by atoms with Gasteiger partial charge in [-0.3, -0.25) is 4.79 Å². The predicted octanol–water partition coefficient (Wildman–Crippen LogP) is 5.29. The first-order valence-electron chi connectivity index (χ1n) is 12.7. The van der Waals surface area contributed by atoms with Crippen molar-refractivity contribution in [2.24, 2.45) is 0 Å². The zero-order chi connectivity index (χ0) is 25.7. The smallest absolute Gasteiger partial charge is 0.304 e. The maximum Gasteiger partial charge on any atom is 0.304 e. The standard InChI is InChI=1S/C28H30ClN5O3/c1-28(13-25(35)36)16-34(23-6-4-3-5-20(23)28)26-21(29)14-30-27(32-26)31-22-11-18-15-33(2)10-9-17(18)12-24(22)37-19-7-8-19/h3-6,11-12,14,19H,7-10,13,15-16H2,1-2H3,(H,35,36)(H,30,31,32). The summed E-state index contributed by atoms with van der Waals surface area (Å²) in [4.78, 5) is 25.3. The molecule has 1 aromatic heterocycles. The zero-order valence-electron chi connectivity index (χ0n) is 21.0. The van der Waals surface area contributed by atoms with Crippen LogP contribution in [0, 0.1) is 0 Å². The monoisotopic (exact) mass is 519 g/mol. The Morgan fingerprint density at radius 1 is 1.27 bits per heavy atom. The van der Waals surface area contributed by atoms with Crippen molar-refractivity contribution in [3.05, 3.63) is 64.3 Å². The van der Waals surface area contributed by atoms with E-state index in [4.69, 9.17) is 21.3 Å². The van der Waals surface area contributed by atoms with E-state index >= 15 is 0 Å². The molecule has 0 spiro atoms. The third-order valence-corrected chi connectivity index (χ3v) is 7.71. The van der Waals surface area contributed by atoms with E-state index in [0.29, 0.717) is 23.3 Å². The summed E-state index contributed by atoms with van der Waals surface area (Å²) in [5.41, 5.74) is 4.75. The highest BCUT2D eigenvalue weighted by atomic mass is 35.5. The lowest BCUT2D eigenvalue weighted by Crippen LogP contribution is -2.31. The van der Waals surface area contributed by atoms with Gasteiger partial charge < -0.3 is 25.0 Å². The molecule has 3 aromatic rings. The minimum absolute atomic E-state index is 0.0137. The predicted molar refractivity (Wildman–Crippen MR) is 144 cm³/mol. The number of hydrogen-bond acceptors (Lipinski definition) is 7. The number of ether oxygens (including phenoxy) is 1. The summed E-state index contributed by atoms with van der Waals surface area (Å²) in [6.07, 6.45) is 5.02. The number of likely N-dealkylation sites (N-methyl/N-ethyl adjacent to an activating group) is 1. The second-order valence-electron chi connectivity index (χ2n) is 10.6. The van der Waals surface area contributed by atoms with E-state index in [0.717, 1.165) is 55.0 Å². The van der Waals surface area contributed by atoms with E-state index in [-0.39, 0.29) is 12.5 Å². The average molecular weight is 520 g/mol.